The lowest BCUT2D eigenvalue weighted by Gasteiger charge is -2.35. The van der Waals surface area contributed by atoms with E-state index in [1.54, 1.807) is 6.07 Å². The standard InChI is InChI=1S/C25H28F2N6/c1-31(2)16-22-29-23-18-5-3-4-6-21(18)28-24(23)25(30-22)33-13-11-32(12-14-33)10-9-17-7-8-19(26)20(27)15-17/h3-8,15,28H,9-14,16H2,1-2H3. The van der Waals surface area contributed by atoms with Crippen molar-refractivity contribution in [2.45, 2.75) is 13.0 Å². The van der Waals surface area contributed by atoms with E-state index in [2.05, 4.69) is 31.8 Å². The number of nitrogens with zero attached hydrogens (tertiary/aromatic N) is 5. The molecule has 4 aromatic rings. The van der Waals surface area contributed by atoms with E-state index in [0.717, 1.165) is 71.9 Å². The van der Waals surface area contributed by atoms with Gasteiger partial charge in [0.15, 0.2) is 17.5 Å². The molecule has 0 unspecified atom stereocenters. The van der Waals surface area contributed by atoms with E-state index in [9.17, 15) is 8.78 Å². The van der Waals surface area contributed by atoms with Gasteiger partial charge in [0.25, 0.3) is 0 Å². The van der Waals surface area contributed by atoms with Crippen LogP contribution in [0.1, 0.15) is 11.4 Å². The summed E-state index contributed by atoms with van der Waals surface area (Å²) in [4.78, 5) is 20.1. The van der Waals surface area contributed by atoms with E-state index in [1.165, 1.54) is 12.1 Å². The van der Waals surface area contributed by atoms with E-state index in [4.69, 9.17) is 9.97 Å². The molecular weight excluding hydrogens is 422 g/mol. The van der Waals surface area contributed by atoms with Crippen LogP contribution >= 0.6 is 0 Å². The van der Waals surface area contributed by atoms with E-state index in [1.807, 2.05) is 26.2 Å². The first-order valence-electron chi connectivity index (χ1n) is 11.3. The van der Waals surface area contributed by atoms with Gasteiger partial charge in [-0.15, -0.1) is 0 Å². The van der Waals surface area contributed by atoms with Crippen LogP contribution in [0.4, 0.5) is 14.6 Å². The highest BCUT2D eigenvalue weighted by molar-refractivity contribution is 6.08. The van der Waals surface area contributed by atoms with Gasteiger partial charge in [0.1, 0.15) is 16.9 Å². The SMILES string of the molecule is CN(C)Cc1nc(N2CCN(CCc3ccc(F)c(F)c3)CC2)c2[nH]c3ccccc3c2n1. The van der Waals surface area contributed by atoms with Gasteiger partial charge in [-0.2, -0.15) is 0 Å². The van der Waals surface area contributed by atoms with E-state index < -0.39 is 11.6 Å². The van der Waals surface area contributed by atoms with Gasteiger partial charge in [0, 0.05) is 43.6 Å². The molecule has 8 heteroatoms. The summed E-state index contributed by atoms with van der Waals surface area (Å²) in [5.41, 5.74) is 3.83. The van der Waals surface area contributed by atoms with Crippen molar-refractivity contribution < 1.29 is 8.78 Å². The van der Waals surface area contributed by atoms with Gasteiger partial charge in [-0.25, -0.2) is 18.7 Å². The first kappa shape index (κ1) is 21.7. The number of anilines is 1. The fourth-order valence-electron chi connectivity index (χ4n) is 4.49. The van der Waals surface area contributed by atoms with Gasteiger partial charge in [0.2, 0.25) is 0 Å². The molecule has 6 nitrogen and oxygen atoms in total. The maximum atomic E-state index is 13.5. The van der Waals surface area contributed by atoms with Crippen molar-refractivity contribution >= 4 is 27.8 Å². The number of piperazine rings is 1. The molecule has 0 aliphatic carbocycles. The minimum atomic E-state index is -0.797. The predicted octanol–water partition coefficient (Wildman–Crippen LogP) is 3.82. The third-order valence-corrected chi connectivity index (χ3v) is 6.21. The molecule has 0 amide bonds. The average molecular weight is 451 g/mol. The molecule has 2 aromatic heterocycles. The van der Waals surface area contributed by atoms with Crippen molar-refractivity contribution in [3.05, 3.63) is 65.5 Å². The Bertz CT molecular complexity index is 1280. The van der Waals surface area contributed by atoms with Crippen LogP contribution in [0, 0.1) is 11.6 Å². The molecule has 1 aliphatic heterocycles. The number of para-hydroxylation sites is 1. The molecule has 0 bridgehead atoms. The fraction of sp³-hybridized carbons (Fsp3) is 0.360. The molecule has 0 radical (unpaired) electrons. The van der Waals surface area contributed by atoms with Crippen LogP contribution in [-0.4, -0.2) is 71.6 Å². The summed E-state index contributed by atoms with van der Waals surface area (Å²) in [6.45, 7) is 4.96. The zero-order valence-electron chi connectivity index (χ0n) is 19.0. The number of rotatable bonds is 6. The molecule has 1 aliphatic rings. The summed E-state index contributed by atoms with van der Waals surface area (Å²) in [7, 11) is 4.04. The Kier molecular flexibility index (Phi) is 5.95. The second kappa shape index (κ2) is 9.03. The number of aromatic nitrogens is 3. The summed E-state index contributed by atoms with van der Waals surface area (Å²) >= 11 is 0. The highest BCUT2D eigenvalue weighted by Gasteiger charge is 2.23. The molecular formula is C25H28F2N6. The van der Waals surface area contributed by atoms with Gasteiger partial charge in [-0.1, -0.05) is 24.3 Å². The fourth-order valence-corrected chi connectivity index (χ4v) is 4.49. The smallest absolute Gasteiger partial charge is 0.159 e. The summed E-state index contributed by atoms with van der Waals surface area (Å²) in [5.74, 6) is 0.187. The highest BCUT2D eigenvalue weighted by atomic mass is 19.2. The summed E-state index contributed by atoms with van der Waals surface area (Å²) in [6, 6.07) is 12.4. The number of H-pyrrole nitrogens is 1. The lowest BCUT2D eigenvalue weighted by Crippen LogP contribution is -2.47. The largest absolute Gasteiger partial charge is 0.352 e. The first-order chi connectivity index (χ1) is 16.0. The monoisotopic (exact) mass is 450 g/mol. The third kappa shape index (κ3) is 4.54. The molecule has 1 fully saturated rings. The van der Waals surface area contributed by atoms with Gasteiger partial charge in [-0.3, -0.25) is 4.90 Å². The van der Waals surface area contributed by atoms with Gasteiger partial charge < -0.3 is 14.8 Å². The van der Waals surface area contributed by atoms with Crippen molar-refractivity contribution in [3.63, 3.8) is 0 Å². The molecule has 0 saturated carbocycles. The van der Waals surface area contributed by atoms with Crippen LogP contribution in [0.3, 0.4) is 0 Å². The van der Waals surface area contributed by atoms with Crippen molar-refractivity contribution in [2.24, 2.45) is 0 Å². The van der Waals surface area contributed by atoms with Crippen LogP contribution in [-0.2, 0) is 13.0 Å². The van der Waals surface area contributed by atoms with Gasteiger partial charge in [-0.05, 0) is 44.3 Å². The number of halogens is 2. The first-order valence-corrected chi connectivity index (χ1v) is 11.3. The Morgan fingerprint density at radius 2 is 1.76 bits per heavy atom. The number of hydrogen-bond acceptors (Lipinski definition) is 5. The molecule has 33 heavy (non-hydrogen) atoms. The van der Waals surface area contributed by atoms with Crippen LogP contribution in [0.5, 0.6) is 0 Å². The van der Waals surface area contributed by atoms with Crippen molar-refractivity contribution in [1.29, 1.82) is 0 Å². The number of aromatic amines is 1. The second-order valence-electron chi connectivity index (χ2n) is 8.92. The predicted molar refractivity (Wildman–Crippen MR) is 128 cm³/mol. The van der Waals surface area contributed by atoms with E-state index in [0.29, 0.717) is 13.0 Å². The lowest BCUT2D eigenvalue weighted by molar-refractivity contribution is 0.260. The Balaban J connectivity index is 1.34. The molecule has 1 N–H and O–H groups in total. The maximum absolute atomic E-state index is 13.5. The Morgan fingerprint density at radius 3 is 2.52 bits per heavy atom. The van der Waals surface area contributed by atoms with Crippen LogP contribution in [0.15, 0.2) is 42.5 Å². The zero-order chi connectivity index (χ0) is 22.9. The quantitative estimate of drug-likeness (QED) is 0.484. The Hall–Kier alpha value is -3.10. The summed E-state index contributed by atoms with van der Waals surface area (Å²) < 4.78 is 26.7. The van der Waals surface area contributed by atoms with Crippen molar-refractivity contribution in [1.82, 2.24) is 24.8 Å². The van der Waals surface area contributed by atoms with Gasteiger partial charge >= 0.3 is 0 Å². The number of benzene rings is 2. The molecule has 3 heterocycles. The minimum absolute atomic E-state index is 0.677. The third-order valence-electron chi connectivity index (χ3n) is 6.21. The molecule has 0 spiro atoms. The Labute approximate surface area is 191 Å². The van der Waals surface area contributed by atoms with Crippen molar-refractivity contribution in [2.75, 3.05) is 51.7 Å². The lowest BCUT2D eigenvalue weighted by atomic mass is 10.1. The molecule has 0 atom stereocenters. The van der Waals surface area contributed by atoms with Gasteiger partial charge in [0.05, 0.1) is 6.54 Å². The maximum Gasteiger partial charge on any atom is 0.159 e. The van der Waals surface area contributed by atoms with Crippen LogP contribution in [0.25, 0.3) is 21.9 Å². The average Bonchev–Trinajstić information content (AvgIpc) is 3.18. The topological polar surface area (TPSA) is 51.3 Å². The second-order valence-corrected chi connectivity index (χ2v) is 8.92. The van der Waals surface area contributed by atoms with Crippen molar-refractivity contribution in [3.8, 4) is 0 Å². The normalized spacial score (nSPS) is 15.2. The zero-order valence-corrected chi connectivity index (χ0v) is 19.0. The number of hydrogen-bond donors (Lipinski definition) is 1. The highest BCUT2D eigenvalue weighted by Crippen LogP contribution is 2.30. The summed E-state index contributed by atoms with van der Waals surface area (Å²) in [5, 5.41) is 1.11. The number of fused-ring (bicyclic) bond motifs is 3. The van der Waals surface area contributed by atoms with E-state index in [-0.39, 0.29) is 0 Å². The van der Waals surface area contributed by atoms with E-state index >= 15 is 0 Å². The summed E-state index contributed by atoms with van der Waals surface area (Å²) in [6.07, 6.45) is 0.698. The molecule has 172 valence electrons. The number of nitrogens with one attached hydrogen (secondary N) is 1. The van der Waals surface area contributed by atoms with Crippen LogP contribution in [0.2, 0.25) is 0 Å². The minimum Gasteiger partial charge on any atom is -0.352 e. The Morgan fingerprint density at radius 1 is 0.970 bits per heavy atom. The molecule has 5 rings (SSSR count). The van der Waals surface area contributed by atoms with Crippen LogP contribution < -0.4 is 4.90 Å². The molecule has 2 aromatic carbocycles. The molecule has 1 saturated heterocycles.